The van der Waals surface area contributed by atoms with Gasteiger partial charge in [0.25, 0.3) is 5.91 Å². The normalized spacial score (nSPS) is 15.1. The van der Waals surface area contributed by atoms with Crippen LogP contribution in [-0.4, -0.2) is 59.5 Å². The van der Waals surface area contributed by atoms with Crippen molar-refractivity contribution >= 4 is 15.9 Å². The van der Waals surface area contributed by atoms with Gasteiger partial charge in [0.2, 0.25) is 10.0 Å². The molecule has 1 amide bonds. The predicted molar refractivity (Wildman–Crippen MR) is 124 cm³/mol. The summed E-state index contributed by atoms with van der Waals surface area (Å²) in [6, 6.07) is 8.49. The molecule has 2 aromatic carbocycles. The Labute approximate surface area is 197 Å². The third kappa shape index (κ3) is 4.23. The van der Waals surface area contributed by atoms with E-state index in [2.05, 4.69) is 5.10 Å². The number of halogens is 2. The number of hydrogen-bond donors (Lipinski definition) is 0. The van der Waals surface area contributed by atoms with Crippen LogP contribution in [0.25, 0.3) is 5.69 Å². The first-order valence-electron chi connectivity index (χ1n) is 10.9. The van der Waals surface area contributed by atoms with E-state index in [0.29, 0.717) is 22.5 Å². The van der Waals surface area contributed by atoms with Crippen molar-refractivity contribution in [2.45, 2.75) is 32.6 Å². The average molecular weight is 489 g/mol. The van der Waals surface area contributed by atoms with Crippen LogP contribution in [0.2, 0.25) is 0 Å². The van der Waals surface area contributed by atoms with Gasteiger partial charge in [0.05, 0.1) is 21.8 Å². The Morgan fingerprint density at radius 2 is 1.62 bits per heavy atom. The minimum absolute atomic E-state index is 0.0467. The van der Waals surface area contributed by atoms with Crippen molar-refractivity contribution in [1.29, 1.82) is 0 Å². The molecule has 1 aromatic heterocycles. The highest BCUT2D eigenvalue weighted by atomic mass is 32.2. The molecule has 7 nitrogen and oxygen atoms in total. The standard InChI is InChI=1S/C24H26F2N4O3S/c1-15-5-6-16(2)22(13-15)34(32,33)29-11-9-28(10-12-29)24(31)23-17(3)27-30(18(23)4)21-8-7-19(25)14-20(21)26/h5-8,13-14H,9-12H2,1-4H3. The minimum Gasteiger partial charge on any atom is -0.336 e. The lowest BCUT2D eigenvalue weighted by Crippen LogP contribution is -2.50. The number of piperazine rings is 1. The van der Waals surface area contributed by atoms with E-state index >= 15 is 0 Å². The van der Waals surface area contributed by atoms with E-state index in [9.17, 15) is 22.0 Å². The highest BCUT2D eigenvalue weighted by Gasteiger charge is 2.33. The summed E-state index contributed by atoms with van der Waals surface area (Å²) in [7, 11) is -3.68. The van der Waals surface area contributed by atoms with Crippen LogP contribution in [0.15, 0.2) is 41.3 Å². The van der Waals surface area contributed by atoms with E-state index in [-0.39, 0.29) is 42.7 Å². The SMILES string of the molecule is Cc1ccc(C)c(S(=O)(=O)N2CCN(C(=O)c3c(C)nn(-c4ccc(F)cc4F)c3C)CC2)c1. The molecule has 0 bridgehead atoms. The molecule has 4 rings (SSSR count). The van der Waals surface area contributed by atoms with Crippen LogP contribution in [-0.2, 0) is 10.0 Å². The summed E-state index contributed by atoms with van der Waals surface area (Å²) in [4.78, 5) is 15.2. The zero-order valence-corrected chi connectivity index (χ0v) is 20.3. The molecule has 0 atom stereocenters. The maximum absolute atomic E-state index is 14.3. The molecule has 0 spiro atoms. The summed E-state index contributed by atoms with van der Waals surface area (Å²) in [6.07, 6.45) is 0. The lowest BCUT2D eigenvalue weighted by Gasteiger charge is -2.34. The van der Waals surface area contributed by atoms with E-state index in [1.807, 2.05) is 13.0 Å². The molecule has 180 valence electrons. The fraction of sp³-hybridized carbons (Fsp3) is 0.333. The van der Waals surface area contributed by atoms with Crippen LogP contribution in [0, 0.1) is 39.3 Å². The summed E-state index contributed by atoms with van der Waals surface area (Å²) in [6.45, 7) is 7.68. The maximum atomic E-state index is 14.3. The number of hydrogen-bond acceptors (Lipinski definition) is 4. The topological polar surface area (TPSA) is 75.5 Å². The number of carbonyl (C=O) groups is 1. The van der Waals surface area contributed by atoms with E-state index < -0.39 is 21.7 Å². The van der Waals surface area contributed by atoms with Crippen LogP contribution < -0.4 is 0 Å². The van der Waals surface area contributed by atoms with Crippen molar-refractivity contribution in [3.05, 3.63) is 76.1 Å². The first-order valence-corrected chi connectivity index (χ1v) is 12.3. The second-order valence-electron chi connectivity index (χ2n) is 8.52. The predicted octanol–water partition coefficient (Wildman–Crippen LogP) is 3.53. The molecule has 0 aliphatic carbocycles. The molecule has 34 heavy (non-hydrogen) atoms. The van der Waals surface area contributed by atoms with E-state index in [4.69, 9.17) is 0 Å². The molecule has 1 aliphatic heterocycles. The monoisotopic (exact) mass is 488 g/mol. The Morgan fingerprint density at radius 3 is 2.26 bits per heavy atom. The van der Waals surface area contributed by atoms with E-state index in [0.717, 1.165) is 17.7 Å². The summed E-state index contributed by atoms with van der Waals surface area (Å²) in [5.41, 5.74) is 2.75. The van der Waals surface area contributed by atoms with E-state index in [1.54, 1.807) is 37.8 Å². The van der Waals surface area contributed by atoms with Gasteiger partial charge in [-0.25, -0.2) is 21.9 Å². The second kappa shape index (κ2) is 8.92. The summed E-state index contributed by atoms with van der Waals surface area (Å²) in [5, 5.41) is 4.30. The van der Waals surface area contributed by atoms with Crippen molar-refractivity contribution in [2.75, 3.05) is 26.2 Å². The molecule has 0 saturated carbocycles. The number of carbonyl (C=O) groups excluding carboxylic acids is 1. The number of aromatic nitrogens is 2. The third-order valence-corrected chi connectivity index (χ3v) is 8.17. The molecule has 10 heteroatoms. The minimum atomic E-state index is -3.68. The van der Waals surface area contributed by atoms with Gasteiger partial charge >= 0.3 is 0 Å². The molecule has 0 unspecified atom stereocenters. The van der Waals surface area contributed by atoms with Gasteiger partial charge in [0, 0.05) is 32.2 Å². The van der Waals surface area contributed by atoms with Gasteiger partial charge in [-0.1, -0.05) is 12.1 Å². The van der Waals surface area contributed by atoms with Crippen LogP contribution >= 0.6 is 0 Å². The first-order chi connectivity index (χ1) is 16.0. The molecular weight excluding hydrogens is 462 g/mol. The molecular formula is C24H26F2N4O3S. The Balaban J connectivity index is 1.54. The smallest absolute Gasteiger partial charge is 0.257 e. The van der Waals surface area contributed by atoms with Crippen LogP contribution in [0.4, 0.5) is 8.78 Å². The lowest BCUT2D eigenvalue weighted by molar-refractivity contribution is 0.0696. The van der Waals surface area contributed by atoms with Gasteiger partial charge < -0.3 is 4.90 Å². The van der Waals surface area contributed by atoms with Crippen molar-refractivity contribution in [1.82, 2.24) is 19.0 Å². The molecule has 1 fully saturated rings. The maximum Gasteiger partial charge on any atom is 0.257 e. The average Bonchev–Trinajstić information content (AvgIpc) is 3.08. The van der Waals surface area contributed by atoms with Gasteiger partial charge in [0.15, 0.2) is 5.82 Å². The number of nitrogens with zero attached hydrogens (tertiary/aromatic N) is 4. The number of sulfonamides is 1. The van der Waals surface area contributed by atoms with Gasteiger partial charge in [-0.15, -0.1) is 0 Å². The lowest BCUT2D eigenvalue weighted by atomic mass is 10.1. The Kier molecular flexibility index (Phi) is 6.30. The zero-order valence-electron chi connectivity index (χ0n) is 19.5. The summed E-state index contributed by atoms with van der Waals surface area (Å²) in [5.74, 6) is -1.78. The van der Waals surface area contributed by atoms with Crippen molar-refractivity contribution in [3.63, 3.8) is 0 Å². The van der Waals surface area contributed by atoms with E-state index in [1.165, 1.54) is 15.1 Å². The zero-order chi connectivity index (χ0) is 24.8. The van der Waals surface area contributed by atoms with Crippen molar-refractivity contribution < 1.29 is 22.0 Å². The number of benzene rings is 2. The Hall–Kier alpha value is -3.11. The van der Waals surface area contributed by atoms with Gasteiger partial charge in [-0.2, -0.15) is 9.40 Å². The summed E-state index contributed by atoms with van der Waals surface area (Å²) < 4.78 is 56.7. The van der Waals surface area contributed by atoms with Crippen LogP contribution in [0.3, 0.4) is 0 Å². The number of aryl methyl sites for hydroxylation is 3. The fourth-order valence-corrected chi connectivity index (χ4v) is 5.99. The van der Waals surface area contributed by atoms with Crippen LogP contribution in [0.1, 0.15) is 32.9 Å². The second-order valence-corrected chi connectivity index (χ2v) is 10.4. The Morgan fingerprint density at radius 1 is 0.941 bits per heavy atom. The van der Waals surface area contributed by atoms with Gasteiger partial charge in [0.1, 0.15) is 11.5 Å². The first kappa shape index (κ1) is 24.0. The molecule has 2 heterocycles. The van der Waals surface area contributed by atoms with Crippen molar-refractivity contribution in [3.8, 4) is 5.69 Å². The van der Waals surface area contributed by atoms with Gasteiger partial charge in [-0.05, 0) is 57.0 Å². The Bertz CT molecular complexity index is 1380. The van der Waals surface area contributed by atoms with Gasteiger partial charge in [-0.3, -0.25) is 4.79 Å². The van der Waals surface area contributed by atoms with Crippen LogP contribution in [0.5, 0.6) is 0 Å². The number of rotatable bonds is 4. The summed E-state index contributed by atoms with van der Waals surface area (Å²) >= 11 is 0. The van der Waals surface area contributed by atoms with Crippen molar-refractivity contribution in [2.24, 2.45) is 0 Å². The molecule has 1 aliphatic rings. The molecule has 0 radical (unpaired) electrons. The number of amides is 1. The highest BCUT2D eigenvalue weighted by molar-refractivity contribution is 7.89. The molecule has 3 aromatic rings. The fourth-order valence-electron chi connectivity index (χ4n) is 4.25. The molecule has 0 N–H and O–H groups in total. The third-order valence-electron chi connectivity index (χ3n) is 6.13. The quantitative estimate of drug-likeness (QED) is 0.563. The highest BCUT2D eigenvalue weighted by Crippen LogP contribution is 2.25. The molecule has 1 saturated heterocycles. The largest absolute Gasteiger partial charge is 0.336 e.